The first-order valence-electron chi connectivity index (χ1n) is 12.0. The molecule has 1 saturated heterocycles. The summed E-state index contributed by atoms with van der Waals surface area (Å²) in [7, 11) is -3.67. The van der Waals surface area contributed by atoms with Gasteiger partial charge in [0.25, 0.3) is 0 Å². The second-order valence-electron chi connectivity index (χ2n) is 9.73. The number of piperidine rings is 1. The first-order chi connectivity index (χ1) is 16.1. The number of ketones is 1. The number of carbonyl (C=O) groups is 2. The summed E-state index contributed by atoms with van der Waals surface area (Å²) in [6.07, 6.45) is 2.36. The molecule has 7 heteroatoms. The fourth-order valence-corrected chi connectivity index (χ4v) is 5.79. The van der Waals surface area contributed by atoms with Crippen molar-refractivity contribution in [2.75, 3.05) is 19.6 Å². The minimum Gasteiger partial charge on any atom is -0.343 e. The van der Waals surface area contributed by atoms with Gasteiger partial charge in [0, 0.05) is 37.5 Å². The second kappa shape index (κ2) is 11.3. The fraction of sp³-hybridized carbons (Fsp3) is 0.481. The molecule has 1 aliphatic rings. The van der Waals surface area contributed by atoms with Gasteiger partial charge in [0.2, 0.25) is 15.9 Å². The predicted octanol–water partition coefficient (Wildman–Crippen LogP) is 4.29. The molecule has 6 nitrogen and oxygen atoms in total. The molecule has 0 unspecified atom stereocenters. The van der Waals surface area contributed by atoms with E-state index in [9.17, 15) is 18.0 Å². The summed E-state index contributed by atoms with van der Waals surface area (Å²) in [5.41, 5.74) is 3.51. The number of nitrogens with zero attached hydrogens (tertiary/aromatic N) is 1. The van der Waals surface area contributed by atoms with E-state index >= 15 is 0 Å². The van der Waals surface area contributed by atoms with Gasteiger partial charge in [0.1, 0.15) is 0 Å². The van der Waals surface area contributed by atoms with Crippen LogP contribution in [0.4, 0.5) is 0 Å². The Morgan fingerprint density at radius 2 is 1.68 bits per heavy atom. The molecule has 1 N–H and O–H groups in total. The van der Waals surface area contributed by atoms with E-state index in [1.165, 1.54) is 5.56 Å². The van der Waals surface area contributed by atoms with Crippen LogP contribution in [0.1, 0.15) is 60.2 Å². The molecule has 34 heavy (non-hydrogen) atoms. The third kappa shape index (κ3) is 6.76. The van der Waals surface area contributed by atoms with E-state index in [1.54, 1.807) is 24.0 Å². The Morgan fingerprint density at radius 1 is 1.03 bits per heavy atom. The van der Waals surface area contributed by atoms with Crippen LogP contribution in [0, 0.1) is 25.7 Å². The van der Waals surface area contributed by atoms with Crippen LogP contribution >= 0.6 is 0 Å². The number of nitrogens with one attached hydrogen (secondary N) is 1. The average molecular weight is 485 g/mol. The van der Waals surface area contributed by atoms with Crippen LogP contribution in [0.25, 0.3) is 0 Å². The number of carbonyl (C=O) groups excluding carboxylic acids is 2. The highest BCUT2D eigenvalue weighted by molar-refractivity contribution is 7.89. The zero-order valence-electron chi connectivity index (χ0n) is 20.6. The number of amides is 1. The van der Waals surface area contributed by atoms with E-state index in [0.29, 0.717) is 37.4 Å². The minimum absolute atomic E-state index is 0.0517. The Morgan fingerprint density at radius 3 is 2.29 bits per heavy atom. The van der Waals surface area contributed by atoms with E-state index in [0.717, 1.165) is 17.5 Å². The van der Waals surface area contributed by atoms with Crippen molar-refractivity contribution in [1.29, 1.82) is 0 Å². The molecule has 184 valence electrons. The van der Waals surface area contributed by atoms with Crippen molar-refractivity contribution < 1.29 is 18.0 Å². The van der Waals surface area contributed by atoms with Gasteiger partial charge in [-0.3, -0.25) is 9.59 Å². The Bertz CT molecular complexity index is 1120. The van der Waals surface area contributed by atoms with Gasteiger partial charge >= 0.3 is 0 Å². The molecule has 3 rings (SSSR count). The van der Waals surface area contributed by atoms with Crippen molar-refractivity contribution in [3.8, 4) is 0 Å². The lowest BCUT2D eigenvalue weighted by molar-refractivity contribution is -0.132. The lowest BCUT2D eigenvalue weighted by Crippen LogP contribution is -2.41. The van der Waals surface area contributed by atoms with E-state index in [1.807, 2.05) is 37.3 Å². The molecule has 1 fully saturated rings. The van der Waals surface area contributed by atoms with E-state index in [2.05, 4.69) is 18.6 Å². The summed E-state index contributed by atoms with van der Waals surface area (Å²) in [6, 6.07) is 13.2. The maximum atomic E-state index is 12.9. The highest BCUT2D eigenvalue weighted by Crippen LogP contribution is 2.23. The van der Waals surface area contributed by atoms with Crippen molar-refractivity contribution in [2.24, 2.45) is 11.8 Å². The van der Waals surface area contributed by atoms with Crippen molar-refractivity contribution in [3.63, 3.8) is 0 Å². The largest absolute Gasteiger partial charge is 0.343 e. The molecule has 1 heterocycles. The summed E-state index contributed by atoms with van der Waals surface area (Å²) in [4.78, 5) is 27.5. The van der Waals surface area contributed by atoms with Gasteiger partial charge in [0.15, 0.2) is 5.78 Å². The van der Waals surface area contributed by atoms with Gasteiger partial charge in [-0.25, -0.2) is 13.1 Å². The molecule has 0 saturated carbocycles. The Hall–Kier alpha value is -2.51. The van der Waals surface area contributed by atoms with E-state index < -0.39 is 10.0 Å². The molecule has 0 aromatic heterocycles. The molecule has 0 bridgehead atoms. The topological polar surface area (TPSA) is 83.6 Å². The highest BCUT2D eigenvalue weighted by atomic mass is 32.2. The molecule has 1 amide bonds. The normalized spacial score (nSPS) is 15.0. The van der Waals surface area contributed by atoms with Crippen molar-refractivity contribution >= 4 is 21.7 Å². The summed E-state index contributed by atoms with van der Waals surface area (Å²) < 4.78 is 27.8. The molecule has 0 aliphatic carbocycles. The Balaban J connectivity index is 1.47. The van der Waals surface area contributed by atoms with Gasteiger partial charge in [0.05, 0.1) is 4.90 Å². The summed E-state index contributed by atoms with van der Waals surface area (Å²) in [5.74, 6) is 0.547. The number of sulfonamides is 1. The third-order valence-corrected chi connectivity index (χ3v) is 7.97. The quantitative estimate of drug-likeness (QED) is 0.538. The SMILES string of the molecule is Cc1ccc(C)c(S(=O)(=O)NCCC(=O)N2CCC(C(=O)c3ccc(CC(C)C)cc3)CC2)c1. The molecule has 2 aromatic rings. The van der Waals surface area contributed by atoms with Crippen LogP contribution in [0.3, 0.4) is 0 Å². The minimum atomic E-state index is -3.67. The lowest BCUT2D eigenvalue weighted by Gasteiger charge is -2.31. The summed E-state index contributed by atoms with van der Waals surface area (Å²) in [5, 5.41) is 0. The average Bonchev–Trinajstić information content (AvgIpc) is 2.80. The van der Waals surface area contributed by atoms with Crippen LogP contribution in [-0.4, -0.2) is 44.6 Å². The first-order valence-corrected chi connectivity index (χ1v) is 13.5. The van der Waals surface area contributed by atoms with E-state index in [4.69, 9.17) is 0 Å². The van der Waals surface area contributed by atoms with Gasteiger partial charge in [-0.2, -0.15) is 0 Å². The standard InChI is InChI=1S/C27H36N2O4S/c1-19(2)17-22-7-9-23(10-8-22)27(31)24-12-15-29(16-13-24)26(30)11-14-28-34(32,33)25-18-20(3)5-6-21(25)4/h5-10,18-19,24,28H,11-17H2,1-4H3. The predicted molar refractivity (Wildman–Crippen MR) is 134 cm³/mol. The molecular formula is C27H36N2O4S. The monoisotopic (exact) mass is 484 g/mol. The van der Waals surface area contributed by atoms with E-state index in [-0.39, 0.29) is 35.5 Å². The smallest absolute Gasteiger partial charge is 0.240 e. The van der Waals surface area contributed by atoms with Crippen LogP contribution in [-0.2, 0) is 21.2 Å². The van der Waals surface area contributed by atoms with Crippen molar-refractivity contribution in [2.45, 2.75) is 58.3 Å². The van der Waals surface area contributed by atoms with Crippen molar-refractivity contribution in [3.05, 3.63) is 64.7 Å². The van der Waals surface area contributed by atoms with Crippen LogP contribution in [0.2, 0.25) is 0 Å². The van der Waals surface area contributed by atoms with Crippen LogP contribution in [0.15, 0.2) is 47.4 Å². The molecule has 2 aromatic carbocycles. The van der Waals surface area contributed by atoms with Crippen molar-refractivity contribution in [1.82, 2.24) is 9.62 Å². The highest BCUT2D eigenvalue weighted by Gasteiger charge is 2.28. The summed E-state index contributed by atoms with van der Waals surface area (Å²) >= 11 is 0. The molecule has 0 radical (unpaired) electrons. The Kier molecular flexibility index (Phi) is 8.66. The van der Waals surface area contributed by atoms with Crippen LogP contribution < -0.4 is 4.72 Å². The van der Waals surface area contributed by atoms with Gasteiger partial charge < -0.3 is 4.90 Å². The first kappa shape index (κ1) is 26.1. The maximum absolute atomic E-state index is 12.9. The number of hydrogen-bond acceptors (Lipinski definition) is 4. The Labute approximate surface area is 203 Å². The summed E-state index contributed by atoms with van der Waals surface area (Å²) in [6.45, 7) is 9.04. The van der Waals surface area contributed by atoms with Gasteiger partial charge in [-0.05, 0) is 61.8 Å². The van der Waals surface area contributed by atoms with Gasteiger partial charge in [-0.1, -0.05) is 50.2 Å². The number of hydrogen-bond donors (Lipinski definition) is 1. The molecule has 0 spiro atoms. The number of rotatable bonds is 9. The zero-order chi connectivity index (χ0) is 24.9. The number of benzene rings is 2. The number of aryl methyl sites for hydroxylation is 2. The number of Topliss-reactive ketones (excluding diaryl/α,β-unsaturated/α-hetero) is 1. The third-order valence-electron chi connectivity index (χ3n) is 6.36. The molecule has 1 aliphatic heterocycles. The zero-order valence-corrected chi connectivity index (χ0v) is 21.5. The molecule has 0 atom stereocenters. The molecular weight excluding hydrogens is 448 g/mol. The number of likely N-dealkylation sites (tertiary alicyclic amines) is 1. The fourth-order valence-electron chi connectivity index (χ4n) is 4.43. The van der Waals surface area contributed by atoms with Crippen LogP contribution in [0.5, 0.6) is 0 Å². The second-order valence-corrected chi connectivity index (χ2v) is 11.5. The maximum Gasteiger partial charge on any atom is 0.240 e. The lowest BCUT2D eigenvalue weighted by atomic mass is 9.88. The van der Waals surface area contributed by atoms with Gasteiger partial charge in [-0.15, -0.1) is 0 Å².